The Hall–Kier alpha value is -2.15. The van der Waals surface area contributed by atoms with Gasteiger partial charge in [0, 0.05) is 12.0 Å². The van der Waals surface area contributed by atoms with Gasteiger partial charge in [-0.25, -0.2) is 4.79 Å². The summed E-state index contributed by atoms with van der Waals surface area (Å²) in [5.41, 5.74) is 0.809. The van der Waals surface area contributed by atoms with Crippen molar-refractivity contribution < 1.29 is 14.3 Å². The fraction of sp³-hybridized carbons (Fsp3) is 0.308. The molecule has 0 heterocycles. The summed E-state index contributed by atoms with van der Waals surface area (Å²) in [6, 6.07) is 6.34. The molecule has 17 heavy (non-hydrogen) atoms. The van der Waals surface area contributed by atoms with E-state index in [4.69, 9.17) is 10.00 Å². The van der Waals surface area contributed by atoms with E-state index in [1.165, 1.54) is 18.2 Å². The van der Waals surface area contributed by atoms with Crippen LogP contribution in [0.15, 0.2) is 18.2 Å². The molecule has 0 radical (unpaired) electrons. The summed E-state index contributed by atoms with van der Waals surface area (Å²) in [6.45, 7) is 3.64. The number of carbonyl (C=O) groups excluding carboxylic acids is 2. The molecule has 0 bridgehead atoms. The average molecular weight is 231 g/mol. The van der Waals surface area contributed by atoms with Crippen molar-refractivity contribution in [1.82, 2.24) is 0 Å². The first-order chi connectivity index (χ1) is 8.13. The van der Waals surface area contributed by atoms with Gasteiger partial charge in [-0.15, -0.1) is 0 Å². The van der Waals surface area contributed by atoms with Gasteiger partial charge in [0.15, 0.2) is 5.78 Å². The minimum atomic E-state index is -0.568. The fourth-order valence-electron chi connectivity index (χ4n) is 1.43. The van der Waals surface area contributed by atoms with Crippen LogP contribution in [0.5, 0.6) is 0 Å². The zero-order valence-corrected chi connectivity index (χ0v) is 9.82. The molecule has 0 amide bonds. The predicted octanol–water partition coefficient (Wildman–Crippen LogP) is 2.33. The van der Waals surface area contributed by atoms with Crippen molar-refractivity contribution in [3.05, 3.63) is 34.9 Å². The Kier molecular flexibility index (Phi) is 4.41. The molecule has 1 rings (SSSR count). The third-order valence-corrected chi connectivity index (χ3v) is 2.27. The molecule has 0 aromatic heterocycles. The van der Waals surface area contributed by atoms with Gasteiger partial charge in [-0.3, -0.25) is 4.79 Å². The Morgan fingerprint density at radius 2 is 2.00 bits per heavy atom. The van der Waals surface area contributed by atoms with Gasteiger partial charge in [-0.1, -0.05) is 6.92 Å². The number of carbonyl (C=O) groups is 2. The SMILES string of the molecule is CCOC(=O)c1cc(C#N)ccc1C(=O)CC. The highest BCUT2D eigenvalue weighted by molar-refractivity contribution is 6.06. The fourth-order valence-corrected chi connectivity index (χ4v) is 1.43. The molecule has 0 fully saturated rings. The van der Waals surface area contributed by atoms with Crippen LogP contribution in [0.3, 0.4) is 0 Å². The molecular formula is C13H13NO3. The molecule has 0 saturated carbocycles. The average Bonchev–Trinajstić information content (AvgIpc) is 2.37. The number of esters is 1. The van der Waals surface area contributed by atoms with E-state index in [9.17, 15) is 9.59 Å². The van der Waals surface area contributed by atoms with Crippen LogP contribution >= 0.6 is 0 Å². The molecule has 0 aliphatic heterocycles. The van der Waals surface area contributed by atoms with Gasteiger partial charge in [-0.05, 0) is 25.1 Å². The van der Waals surface area contributed by atoms with Crippen LogP contribution in [-0.4, -0.2) is 18.4 Å². The number of nitrogens with zero attached hydrogens (tertiary/aromatic N) is 1. The van der Waals surface area contributed by atoms with Gasteiger partial charge in [0.2, 0.25) is 0 Å². The van der Waals surface area contributed by atoms with Crippen LogP contribution < -0.4 is 0 Å². The highest BCUT2D eigenvalue weighted by Crippen LogP contribution is 2.15. The zero-order chi connectivity index (χ0) is 12.8. The molecule has 1 aromatic rings. The molecule has 0 spiro atoms. The highest BCUT2D eigenvalue weighted by Gasteiger charge is 2.17. The summed E-state index contributed by atoms with van der Waals surface area (Å²) < 4.78 is 4.86. The summed E-state index contributed by atoms with van der Waals surface area (Å²) in [4.78, 5) is 23.3. The Morgan fingerprint density at radius 3 is 2.53 bits per heavy atom. The van der Waals surface area contributed by atoms with E-state index in [0.717, 1.165) is 0 Å². The lowest BCUT2D eigenvalue weighted by Crippen LogP contribution is -2.11. The predicted molar refractivity (Wildman–Crippen MR) is 61.7 cm³/mol. The number of hydrogen-bond acceptors (Lipinski definition) is 4. The second-order valence-electron chi connectivity index (χ2n) is 3.37. The molecule has 0 aliphatic rings. The largest absolute Gasteiger partial charge is 0.462 e. The van der Waals surface area contributed by atoms with Gasteiger partial charge in [0.1, 0.15) is 0 Å². The minimum Gasteiger partial charge on any atom is -0.462 e. The van der Waals surface area contributed by atoms with Crippen molar-refractivity contribution in [3.8, 4) is 6.07 Å². The standard InChI is InChI=1S/C13H13NO3/c1-3-12(15)10-6-5-9(8-14)7-11(10)13(16)17-4-2/h5-7H,3-4H2,1-2H3. The van der Waals surface area contributed by atoms with E-state index < -0.39 is 5.97 Å². The second kappa shape index (κ2) is 5.80. The third-order valence-electron chi connectivity index (χ3n) is 2.27. The van der Waals surface area contributed by atoms with E-state index in [2.05, 4.69) is 0 Å². The Morgan fingerprint density at radius 1 is 1.29 bits per heavy atom. The lowest BCUT2D eigenvalue weighted by atomic mass is 10.00. The lowest BCUT2D eigenvalue weighted by molar-refractivity contribution is 0.0523. The highest BCUT2D eigenvalue weighted by atomic mass is 16.5. The number of ketones is 1. The first-order valence-electron chi connectivity index (χ1n) is 5.38. The van der Waals surface area contributed by atoms with Gasteiger partial charge in [0.05, 0.1) is 23.8 Å². The molecule has 0 atom stereocenters. The summed E-state index contributed by atoms with van der Waals surface area (Å²) in [5, 5.41) is 8.77. The van der Waals surface area contributed by atoms with Crippen LogP contribution in [0.2, 0.25) is 0 Å². The maximum Gasteiger partial charge on any atom is 0.338 e. The summed E-state index contributed by atoms with van der Waals surface area (Å²) in [6.07, 6.45) is 0.304. The molecule has 88 valence electrons. The summed E-state index contributed by atoms with van der Waals surface area (Å²) in [7, 11) is 0. The Bertz CT molecular complexity index is 486. The van der Waals surface area contributed by atoms with Crippen LogP contribution in [0.4, 0.5) is 0 Å². The number of hydrogen-bond donors (Lipinski definition) is 0. The van der Waals surface area contributed by atoms with Crippen molar-refractivity contribution in [2.24, 2.45) is 0 Å². The molecule has 4 heteroatoms. The van der Waals surface area contributed by atoms with Crippen molar-refractivity contribution >= 4 is 11.8 Å². The van der Waals surface area contributed by atoms with Crippen molar-refractivity contribution in [2.45, 2.75) is 20.3 Å². The van der Waals surface area contributed by atoms with Gasteiger partial charge in [0.25, 0.3) is 0 Å². The van der Waals surface area contributed by atoms with E-state index in [1.807, 2.05) is 6.07 Å². The molecule has 0 N–H and O–H groups in total. The lowest BCUT2D eigenvalue weighted by Gasteiger charge is -2.07. The molecule has 0 unspecified atom stereocenters. The third kappa shape index (κ3) is 2.91. The van der Waals surface area contributed by atoms with Crippen LogP contribution in [0, 0.1) is 11.3 Å². The van der Waals surface area contributed by atoms with Crippen LogP contribution in [-0.2, 0) is 4.74 Å². The summed E-state index contributed by atoms with van der Waals surface area (Å²) >= 11 is 0. The normalized spacial score (nSPS) is 9.47. The smallest absolute Gasteiger partial charge is 0.338 e. The molecular weight excluding hydrogens is 218 g/mol. The van der Waals surface area contributed by atoms with Crippen molar-refractivity contribution in [1.29, 1.82) is 5.26 Å². The number of ether oxygens (including phenoxy) is 1. The van der Waals surface area contributed by atoms with E-state index >= 15 is 0 Å². The summed E-state index contributed by atoms with van der Waals surface area (Å²) in [5.74, 6) is -0.709. The topological polar surface area (TPSA) is 67.2 Å². The first kappa shape index (κ1) is 12.9. The maximum atomic E-state index is 11.7. The van der Waals surface area contributed by atoms with Gasteiger partial charge in [-0.2, -0.15) is 5.26 Å². The van der Waals surface area contributed by atoms with E-state index in [-0.39, 0.29) is 18.0 Å². The number of nitriles is 1. The van der Waals surface area contributed by atoms with Crippen molar-refractivity contribution in [2.75, 3.05) is 6.61 Å². The second-order valence-corrected chi connectivity index (χ2v) is 3.37. The number of Topliss-reactive ketones (excluding diaryl/α,β-unsaturated/α-hetero) is 1. The Labute approximate surface area is 99.8 Å². The molecule has 0 aliphatic carbocycles. The van der Waals surface area contributed by atoms with Gasteiger partial charge >= 0.3 is 5.97 Å². The first-order valence-corrected chi connectivity index (χ1v) is 5.38. The quantitative estimate of drug-likeness (QED) is 0.589. The maximum absolute atomic E-state index is 11.7. The van der Waals surface area contributed by atoms with Crippen molar-refractivity contribution in [3.63, 3.8) is 0 Å². The van der Waals surface area contributed by atoms with E-state index in [0.29, 0.717) is 17.5 Å². The molecule has 0 saturated heterocycles. The van der Waals surface area contributed by atoms with Crippen LogP contribution in [0.25, 0.3) is 0 Å². The number of benzene rings is 1. The molecule has 4 nitrogen and oxygen atoms in total. The van der Waals surface area contributed by atoms with Crippen LogP contribution in [0.1, 0.15) is 46.5 Å². The Balaban J connectivity index is 3.26. The monoisotopic (exact) mass is 231 g/mol. The van der Waals surface area contributed by atoms with E-state index in [1.54, 1.807) is 13.8 Å². The van der Waals surface area contributed by atoms with Gasteiger partial charge < -0.3 is 4.74 Å². The zero-order valence-electron chi connectivity index (χ0n) is 9.82. The number of rotatable bonds is 4. The minimum absolute atomic E-state index is 0.141. The molecule has 1 aromatic carbocycles.